The van der Waals surface area contributed by atoms with Crippen LogP contribution in [0.4, 0.5) is 0 Å². The number of hydrogen-bond donors (Lipinski definition) is 2. The number of hydrogen-bond acceptors (Lipinski definition) is 5. The second-order valence-corrected chi connectivity index (χ2v) is 5.21. The molecular weight excluding hydrogens is 296 g/mol. The van der Waals surface area contributed by atoms with E-state index in [9.17, 15) is 9.90 Å². The van der Waals surface area contributed by atoms with Crippen molar-refractivity contribution in [1.29, 1.82) is 0 Å². The number of ether oxygens (including phenoxy) is 1. The fourth-order valence-corrected chi connectivity index (χ4v) is 2.41. The number of rotatable bonds is 6. The largest absolute Gasteiger partial charge is 0.491 e. The number of aromatic nitrogens is 1. The minimum Gasteiger partial charge on any atom is -0.491 e. The molecule has 0 aliphatic rings. The highest BCUT2D eigenvalue weighted by Gasteiger charge is 2.19. The van der Waals surface area contributed by atoms with Crippen molar-refractivity contribution in [3.05, 3.63) is 60.0 Å². The Balaban J connectivity index is 1.74. The van der Waals surface area contributed by atoms with Crippen molar-refractivity contribution in [1.82, 2.24) is 4.98 Å². The first-order valence-corrected chi connectivity index (χ1v) is 7.17. The standard InChI is InChI=1S/C17H16N2O4/c18-12(8-11-4-2-1-3-5-11)9-22-14-7-6-13-16(23-10-19-13)15(14)17(20)21/h1-7,10,12H,8-9,18H2,(H,20,21). The summed E-state index contributed by atoms with van der Waals surface area (Å²) in [4.78, 5) is 15.4. The maximum atomic E-state index is 11.5. The van der Waals surface area contributed by atoms with E-state index >= 15 is 0 Å². The van der Waals surface area contributed by atoms with Crippen molar-refractivity contribution in [2.45, 2.75) is 12.5 Å². The Morgan fingerprint density at radius 3 is 2.78 bits per heavy atom. The number of carboxylic acid groups (broad SMARTS) is 1. The van der Waals surface area contributed by atoms with E-state index in [1.54, 1.807) is 12.1 Å². The van der Waals surface area contributed by atoms with Crippen LogP contribution in [0.3, 0.4) is 0 Å². The summed E-state index contributed by atoms with van der Waals surface area (Å²) < 4.78 is 10.8. The van der Waals surface area contributed by atoms with Crippen LogP contribution in [-0.2, 0) is 6.42 Å². The molecule has 0 bridgehead atoms. The molecular formula is C17H16N2O4. The van der Waals surface area contributed by atoms with Gasteiger partial charge < -0.3 is 20.0 Å². The Labute approximate surface area is 132 Å². The summed E-state index contributed by atoms with van der Waals surface area (Å²) in [6, 6.07) is 12.8. The van der Waals surface area contributed by atoms with E-state index < -0.39 is 5.97 Å². The van der Waals surface area contributed by atoms with Gasteiger partial charge in [0.2, 0.25) is 0 Å². The molecule has 2 aromatic carbocycles. The van der Waals surface area contributed by atoms with Crippen LogP contribution in [0.5, 0.6) is 5.75 Å². The average Bonchev–Trinajstić information content (AvgIpc) is 3.01. The van der Waals surface area contributed by atoms with E-state index in [4.69, 9.17) is 14.9 Å². The molecule has 3 aromatic rings. The highest BCUT2D eigenvalue weighted by Crippen LogP contribution is 2.27. The molecule has 0 radical (unpaired) electrons. The van der Waals surface area contributed by atoms with Crippen LogP contribution in [0, 0.1) is 0 Å². The first-order valence-electron chi connectivity index (χ1n) is 7.17. The zero-order valence-electron chi connectivity index (χ0n) is 12.3. The van der Waals surface area contributed by atoms with Crippen molar-refractivity contribution in [2.24, 2.45) is 5.73 Å². The Morgan fingerprint density at radius 1 is 1.26 bits per heavy atom. The maximum absolute atomic E-state index is 11.5. The van der Waals surface area contributed by atoms with Crippen LogP contribution in [0.1, 0.15) is 15.9 Å². The SMILES string of the molecule is NC(COc1ccc2ncoc2c1C(=O)O)Cc1ccccc1. The topological polar surface area (TPSA) is 98.6 Å². The molecule has 0 spiro atoms. The summed E-state index contributed by atoms with van der Waals surface area (Å²) in [6.07, 6.45) is 1.86. The lowest BCUT2D eigenvalue weighted by Crippen LogP contribution is -2.30. The Hall–Kier alpha value is -2.86. The molecule has 3 N–H and O–H groups in total. The van der Waals surface area contributed by atoms with Crippen molar-refractivity contribution in [2.75, 3.05) is 6.61 Å². The lowest BCUT2D eigenvalue weighted by atomic mass is 10.1. The monoisotopic (exact) mass is 312 g/mol. The van der Waals surface area contributed by atoms with Crippen LogP contribution >= 0.6 is 0 Å². The fourth-order valence-electron chi connectivity index (χ4n) is 2.41. The number of carbonyl (C=O) groups is 1. The maximum Gasteiger partial charge on any atom is 0.343 e. The lowest BCUT2D eigenvalue weighted by molar-refractivity contribution is 0.0693. The molecule has 0 amide bonds. The van der Waals surface area contributed by atoms with Crippen molar-refractivity contribution < 1.29 is 19.1 Å². The van der Waals surface area contributed by atoms with Crippen molar-refractivity contribution in [3.8, 4) is 5.75 Å². The summed E-state index contributed by atoms with van der Waals surface area (Å²) in [7, 11) is 0. The number of oxazole rings is 1. The molecule has 23 heavy (non-hydrogen) atoms. The molecule has 1 heterocycles. The van der Waals surface area contributed by atoms with Crippen LogP contribution < -0.4 is 10.5 Å². The summed E-state index contributed by atoms with van der Waals surface area (Å²) in [5.41, 5.74) is 7.81. The molecule has 6 nitrogen and oxygen atoms in total. The molecule has 118 valence electrons. The molecule has 6 heteroatoms. The van der Waals surface area contributed by atoms with Crippen molar-refractivity contribution >= 4 is 17.1 Å². The normalized spacial score (nSPS) is 12.2. The van der Waals surface area contributed by atoms with E-state index in [0.717, 1.165) is 5.56 Å². The average molecular weight is 312 g/mol. The van der Waals surface area contributed by atoms with E-state index in [2.05, 4.69) is 4.98 Å². The molecule has 1 atom stereocenters. The van der Waals surface area contributed by atoms with Gasteiger partial charge in [0.25, 0.3) is 0 Å². The van der Waals surface area contributed by atoms with Crippen LogP contribution in [0.2, 0.25) is 0 Å². The summed E-state index contributed by atoms with van der Waals surface area (Å²) in [5, 5.41) is 9.38. The number of nitrogens with zero attached hydrogens (tertiary/aromatic N) is 1. The Morgan fingerprint density at radius 2 is 2.04 bits per heavy atom. The van der Waals surface area contributed by atoms with Crippen LogP contribution in [0.25, 0.3) is 11.1 Å². The summed E-state index contributed by atoms with van der Waals surface area (Å²) >= 11 is 0. The third-order valence-electron chi connectivity index (χ3n) is 3.47. The predicted octanol–water partition coefficient (Wildman–Crippen LogP) is 2.47. The number of benzene rings is 2. The highest BCUT2D eigenvalue weighted by molar-refractivity contribution is 6.02. The van der Waals surface area contributed by atoms with Gasteiger partial charge >= 0.3 is 5.97 Å². The van der Waals surface area contributed by atoms with E-state index in [1.165, 1.54) is 6.39 Å². The predicted molar refractivity (Wildman–Crippen MR) is 84.6 cm³/mol. The third-order valence-corrected chi connectivity index (χ3v) is 3.47. The first kappa shape index (κ1) is 15.1. The second-order valence-electron chi connectivity index (χ2n) is 5.21. The van der Waals surface area contributed by atoms with Gasteiger partial charge in [0.05, 0.1) is 0 Å². The van der Waals surface area contributed by atoms with E-state index in [0.29, 0.717) is 11.9 Å². The quantitative estimate of drug-likeness (QED) is 0.725. The van der Waals surface area contributed by atoms with Gasteiger partial charge in [-0.1, -0.05) is 30.3 Å². The second kappa shape index (κ2) is 6.50. The van der Waals surface area contributed by atoms with Gasteiger partial charge in [-0.05, 0) is 24.1 Å². The van der Waals surface area contributed by atoms with Crippen LogP contribution in [-0.4, -0.2) is 28.7 Å². The number of aromatic carboxylic acids is 1. The minimum absolute atomic E-state index is 0.0353. The summed E-state index contributed by atoms with van der Waals surface area (Å²) in [5.74, 6) is -0.899. The zero-order valence-corrected chi connectivity index (χ0v) is 12.3. The number of carboxylic acids is 1. The van der Waals surface area contributed by atoms with Gasteiger partial charge in [0.15, 0.2) is 12.0 Å². The van der Waals surface area contributed by atoms with E-state index in [1.807, 2.05) is 30.3 Å². The molecule has 0 aliphatic carbocycles. The molecule has 0 saturated heterocycles. The molecule has 0 fully saturated rings. The van der Waals surface area contributed by atoms with Gasteiger partial charge in [-0.15, -0.1) is 0 Å². The highest BCUT2D eigenvalue weighted by atomic mass is 16.5. The molecule has 0 aliphatic heterocycles. The van der Waals surface area contributed by atoms with Gasteiger partial charge in [-0.25, -0.2) is 9.78 Å². The number of nitrogens with two attached hydrogens (primary N) is 1. The smallest absolute Gasteiger partial charge is 0.343 e. The minimum atomic E-state index is -1.13. The fraction of sp³-hybridized carbons (Fsp3) is 0.176. The molecule has 3 rings (SSSR count). The van der Waals surface area contributed by atoms with Crippen molar-refractivity contribution in [3.63, 3.8) is 0 Å². The van der Waals surface area contributed by atoms with Gasteiger partial charge in [-0.3, -0.25) is 0 Å². The Bertz CT molecular complexity index is 814. The van der Waals surface area contributed by atoms with Gasteiger partial charge in [0.1, 0.15) is 23.4 Å². The molecule has 1 aromatic heterocycles. The lowest BCUT2D eigenvalue weighted by Gasteiger charge is -2.14. The Kier molecular flexibility index (Phi) is 4.25. The molecule has 0 saturated carbocycles. The van der Waals surface area contributed by atoms with E-state index in [-0.39, 0.29) is 29.5 Å². The zero-order chi connectivity index (χ0) is 16.2. The van der Waals surface area contributed by atoms with Gasteiger partial charge in [-0.2, -0.15) is 0 Å². The third kappa shape index (κ3) is 3.32. The van der Waals surface area contributed by atoms with Crippen LogP contribution in [0.15, 0.2) is 53.3 Å². The molecule has 1 unspecified atom stereocenters. The summed E-state index contributed by atoms with van der Waals surface area (Å²) in [6.45, 7) is 0.203. The first-order chi connectivity index (χ1) is 11.1. The number of fused-ring (bicyclic) bond motifs is 1. The van der Waals surface area contributed by atoms with Gasteiger partial charge in [0, 0.05) is 6.04 Å².